The Morgan fingerprint density at radius 2 is 2.09 bits per heavy atom. The molecule has 3 rings (SSSR count). The number of nitrogens with zero attached hydrogens (tertiary/aromatic N) is 3. The number of pyridine rings is 1. The van der Waals surface area contributed by atoms with Crippen molar-refractivity contribution in [1.82, 2.24) is 4.98 Å². The molecule has 1 aliphatic rings. The molecule has 0 spiro atoms. The van der Waals surface area contributed by atoms with Crippen LogP contribution in [0.1, 0.15) is 37.7 Å². The van der Waals surface area contributed by atoms with Crippen LogP contribution in [0.2, 0.25) is 0 Å². The molecular weight excluding hydrogens is 290 g/mol. The Morgan fingerprint density at radius 1 is 1.30 bits per heavy atom. The van der Waals surface area contributed by atoms with Crippen LogP contribution >= 0.6 is 0 Å². The van der Waals surface area contributed by atoms with Crippen LogP contribution in [0.4, 0.5) is 11.5 Å². The van der Waals surface area contributed by atoms with Crippen molar-refractivity contribution in [3.05, 3.63) is 64.3 Å². The number of nitro groups is 1. The topological polar surface area (TPSA) is 59.3 Å². The Bertz CT molecular complexity index is 675. The van der Waals surface area contributed by atoms with E-state index in [-0.39, 0.29) is 16.7 Å². The van der Waals surface area contributed by atoms with Crippen molar-refractivity contribution in [3.63, 3.8) is 0 Å². The van der Waals surface area contributed by atoms with Crippen molar-refractivity contribution in [1.29, 1.82) is 0 Å². The van der Waals surface area contributed by atoms with Crippen LogP contribution < -0.4 is 4.90 Å². The van der Waals surface area contributed by atoms with E-state index in [1.807, 2.05) is 6.07 Å². The largest absolute Gasteiger partial charge is 0.347 e. The lowest BCUT2D eigenvalue weighted by Crippen LogP contribution is -2.35. The fourth-order valence-corrected chi connectivity index (χ4v) is 3.66. The van der Waals surface area contributed by atoms with Crippen molar-refractivity contribution in [2.45, 2.75) is 38.1 Å². The van der Waals surface area contributed by atoms with Crippen molar-refractivity contribution >= 4 is 11.5 Å². The molecule has 1 saturated heterocycles. The van der Waals surface area contributed by atoms with Gasteiger partial charge in [0.1, 0.15) is 0 Å². The summed E-state index contributed by atoms with van der Waals surface area (Å²) in [4.78, 5) is 17.5. The Labute approximate surface area is 136 Å². The first-order valence-corrected chi connectivity index (χ1v) is 8.13. The zero-order chi connectivity index (χ0) is 16.2. The van der Waals surface area contributed by atoms with E-state index in [9.17, 15) is 10.1 Å². The molecule has 120 valence electrons. The molecule has 2 aromatic rings. The third-order valence-corrected chi connectivity index (χ3v) is 4.67. The van der Waals surface area contributed by atoms with Crippen molar-refractivity contribution in [3.8, 4) is 0 Å². The van der Waals surface area contributed by atoms with E-state index in [1.54, 1.807) is 18.3 Å². The van der Waals surface area contributed by atoms with Crippen LogP contribution in [0.3, 0.4) is 0 Å². The highest BCUT2D eigenvalue weighted by Gasteiger charge is 2.35. The highest BCUT2D eigenvalue weighted by Crippen LogP contribution is 2.38. The van der Waals surface area contributed by atoms with Crippen LogP contribution in [-0.4, -0.2) is 22.5 Å². The van der Waals surface area contributed by atoms with Gasteiger partial charge in [-0.3, -0.25) is 10.1 Å². The summed E-state index contributed by atoms with van der Waals surface area (Å²) in [5.74, 6) is 0.870. The van der Waals surface area contributed by atoms with E-state index < -0.39 is 0 Å². The summed E-state index contributed by atoms with van der Waals surface area (Å²) in [7, 11) is 0. The van der Waals surface area contributed by atoms with Crippen LogP contribution in [0.15, 0.2) is 48.7 Å². The van der Waals surface area contributed by atoms with E-state index in [1.165, 1.54) is 5.56 Å². The van der Waals surface area contributed by atoms with Gasteiger partial charge < -0.3 is 4.90 Å². The highest BCUT2D eigenvalue weighted by molar-refractivity contribution is 5.59. The van der Waals surface area contributed by atoms with E-state index in [4.69, 9.17) is 0 Å². The van der Waals surface area contributed by atoms with E-state index in [2.05, 4.69) is 41.1 Å². The molecule has 0 saturated carbocycles. The predicted molar refractivity (Wildman–Crippen MR) is 90.7 cm³/mol. The quantitative estimate of drug-likeness (QED) is 0.614. The normalized spacial score (nSPS) is 18.8. The van der Waals surface area contributed by atoms with E-state index in [0.29, 0.717) is 11.7 Å². The van der Waals surface area contributed by atoms with Crippen molar-refractivity contribution < 1.29 is 4.92 Å². The van der Waals surface area contributed by atoms with Gasteiger partial charge in [-0.25, -0.2) is 4.98 Å². The Morgan fingerprint density at radius 3 is 2.78 bits per heavy atom. The summed E-state index contributed by atoms with van der Waals surface area (Å²) in [6.07, 6.45) is 4.73. The lowest BCUT2D eigenvalue weighted by Gasteiger charge is -2.32. The standard InChI is InChI=1S/C18H21N3O2/c1-2-15(14-8-4-3-5-9-14)16-11-7-13-20(16)18-17(21(22)23)10-6-12-19-18/h3-6,8-10,12,15-16H,2,7,11,13H2,1H3. The van der Waals surface area contributed by atoms with Gasteiger partial charge >= 0.3 is 5.69 Å². The maximum absolute atomic E-state index is 11.3. The van der Waals surface area contributed by atoms with Gasteiger partial charge in [0, 0.05) is 30.8 Å². The third kappa shape index (κ3) is 3.04. The molecule has 1 fully saturated rings. The maximum Gasteiger partial charge on any atom is 0.311 e. The molecule has 5 heteroatoms. The van der Waals surface area contributed by atoms with Gasteiger partial charge in [0.2, 0.25) is 5.82 Å². The van der Waals surface area contributed by atoms with Crippen molar-refractivity contribution in [2.24, 2.45) is 0 Å². The Hall–Kier alpha value is -2.43. The van der Waals surface area contributed by atoms with E-state index >= 15 is 0 Å². The fraction of sp³-hybridized carbons (Fsp3) is 0.389. The molecule has 0 aliphatic carbocycles. The first-order chi connectivity index (χ1) is 11.2. The number of hydrogen-bond donors (Lipinski definition) is 0. The molecule has 23 heavy (non-hydrogen) atoms. The molecule has 0 radical (unpaired) electrons. The first kappa shape index (κ1) is 15.5. The van der Waals surface area contributed by atoms with Crippen LogP contribution in [-0.2, 0) is 0 Å². The van der Waals surface area contributed by atoms with Gasteiger partial charge in [-0.2, -0.15) is 0 Å². The van der Waals surface area contributed by atoms with Gasteiger partial charge in [0.25, 0.3) is 0 Å². The molecular formula is C18H21N3O2. The zero-order valence-corrected chi connectivity index (χ0v) is 13.3. The van der Waals surface area contributed by atoms with Gasteiger partial charge in [0.05, 0.1) is 4.92 Å². The Kier molecular flexibility index (Phi) is 4.55. The predicted octanol–water partition coefficient (Wildman–Crippen LogP) is 4.15. The van der Waals surface area contributed by atoms with Gasteiger partial charge in [-0.15, -0.1) is 0 Å². The van der Waals surface area contributed by atoms with Crippen LogP contribution in [0.5, 0.6) is 0 Å². The second-order valence-electron chi connectivity index (χ2n) is 5.93. The van der Waals surface area contributed by atoms with Gasteiger partial charge in [-0.1, -0.05) is 37.3 Å². The molecule has 5 nitrogen and oxygen atoms in total. The first-order valence-electron chi connectivity index (χ1n) is 8.13. The third-order valence-electron chi connectivity index (χ3n) is 4.67. The van der Waals surface area contributed by atoms with Crippen LogP contribution in [0, 0.1) is 10.1 Å². The molecule has 2 heterocycles. The monoisotopic (exact) mass is 311 g/mol. The SMILES string of the molecule is CCC(c1ccccc1)C1CCCN1c1ncccc1[N+](=O)[O-]. The summed E-state index contributed by atoms with van der Waals surface area (Å²) >= 11 is 0. The second kappa shape index (κ2) is 6.77. The summed E-state index contributed by atoms with van der Waals surface area (Å²) < 4.78 is 0. The smallest absolute Gasteiger partial charge is 0.311 e. The average Bonchev–Trinajstić information content (AvgIpc) is 3.06. The maximum atomic E-state index is 11.3. The Balaban J connectivity index is 1.96. The molecule has 2 unspecified atom stereocenters. The summed E-state index contributed by atoms with van der Waals surface area (Å²) in [6, 6.07) is 13.9. The number of benzene rings is 1. The van der Waals surface area contributed by atoms with Crippen LogP contribution in [0.25, 0.3) is 0 Å². The summed E-state index contributed by atoms with van der Waals surface area (Å²) in [5, 5.41) is 11.3. The number of rotatable bonds is 5. The summed E-state index contributed by atoms with van der Waals surface area (Å²) in [6.45, 7) is 3.01. The highest BCUT2D eigenvalue weighted by atomic mass is 16.6. The number of hydrogen-bond acceptors (Lipinski definition) is 4. The average molecular weight is 311 g/mol. The zero-order valence-electron chi connectivity index (χ0n) is 13.3. The minimum Gasteiger partial charge on any atom is -0.347 e. The molecule has 0 bridgehead atoms. The molecule has 1 aliphatic heterocycles. The van der Waals surface area contributed by atoms with Gasteiger partial charge in [-0.05, 0) is 30.9 Å². The lowest BCUT2D eigenvalue weighted by atomic mass is 9.87. The van der Waals surface area contributed by atoms with E-state index in [0.717, 1.165) is 25.8 Å². The molecule has 1 aromatic carbocycles. The lowest BCUT2D eigenvalue weighted by molar-refractivity contribution is -0.384. The molecule has 0 N–H and O–H groups in total. The minimum atomic E-state index is -0.332. The van der Waals surface area contributed by atoms with Gasteiger partial charge in [0.15, 0.2) is 0 Å². The molecule has 0 amide bonds. The fourth-order valence-electron chi connectivity index (χ4n) is 3.66. The molecule has 1 aromatic heterocycles. The molecule has 2 atom stereocenters. The second-order valence-corrected chi connectivity index (χ2v) is 5.93. The van der Waals surface area contributed by atoms with Crippen molar-refractivity contribution in [2.75, 3.05) is 11.4 Å². The summed E-state index contributed by atoms with van der Waals surface area (Å²) in [5.41, 5.74) is 1.40. The number of anilines is 1. The number of aromatic nitrogens is 1. The minimum absolute atomic E-state index is 0.0994.